The highest BCUT2D eigenvalue weighted by atomic mass is 35.5. The van der Waals surface area contributed by atoms with E-state index in [0.29, 0.717) is 29.0 Å². The van der Waals surface area contributed by atoms with E-state index in [1.807, 2.05) is 6.92 Å². The highest BCUT2D eigenvalue weighted by Gasteiger charge is 2.04. The molecule has 17 heavy (non-hydrogen) atoms. The average Bonchev–Trinajstić information content (AvgIpc) is 2.36. The number of nitrogens with one attached hydrogen (secondary N) is 2. The minimum atomic E-state index is 0.474. The Kier molecular flexibility index (Phi) is 5.59. The Morgan fingerprint density at radius 1 is 1.53 bits per heavy atom. The normalized spacial score (nSPS) is 11.2. The number of nitrogens with zero attached hydrogens (tertiary/aromatic N) is 1. The summed E-state index contributed by atoms with van der Waals surface area (Å²) < 4.78 is 5.12. The number of benzene rings is 1. The van der Waals surface area contributed by atoms with Gasteiger partial charge in [-0.25, -0.2) is 5.84 Å². The second-order valence-corrected chi connectivity index (χ2v) is 3.75. The van der Waals surface area contributed by atoms with Crippen LogP contribution in [0.25, 0.3) is 0 Å². The van der Waals surface area contributed by atoms with Crippen molar-refractivity contribution in [1.82, 2.24) is 5.43 Å². The molecule has 0 unspecified atom stereocenters. The molecule has 0 bridgehead atoms. The van der Waals surface area contributed by atoms with Crippen LogP contribution in [0.1, 0.15) is 13.3 Å². The number of hydrogen-bond donors (Lipinski definition) is 3. The van der Waals surface area contributed by atoms with Crippen LogP contribution in [0.2, 0.25) is 5.02 Å². The Labute approximate surface area is 106 Å². The third-order valence-electron chi connectivity index (χ3n) is 2.06. The van der Waals surface area contributed by atoms with E-state index in [2.05, 4.69) is 15.7 Å². The number of nitrogens with two attached hydrogens (primary N) is 1. The van der Waals surface area contributed by atoms with Crippen molar-refractivity contribution in [2.75, 3.05) is 19.0 Å². The van der Waals surface area contributed by atoms with E-state index in [0.717, 1.165) is 6.42 Å². The highest BCUT2D eigenvalue weighted by Crippen LogP contribution is 2.26. The minimum Gasteiger partial charge on any atom is -0.497 e. The van der Waals surface area contributed by atoms with Gasteiger partial charge < -0.3 is 10.1 Å². The molecule has 0 radical (unpaired) electrons. The largest absolute Gasteiger partial charge is 0.497 e. The average molecular weight is 257 g/mol. The summed E-state index contributed by atoms with van der Waals surface area (Å²) in [4.78, 5) is 4.22. The first-order chi connectivity index (χ1) is 8.21. The van der Waals surface area contributed by atoms with Crippen LogP contribution >= 0.6 is 11.6 Å². The van der Waals surface area contributed by atoms with Gasteiger partial charge in [-0.05, 0) is 18.6 Å². The molecule has 1 aromatic carbocycles. The van der Waals surface area contributed by atoms with Crippen molar-refractivity contribution in [3.05, 3.63) is 23.2 Å². The van der Waals surface area contributed by atoms with Gasteiger partial charge in [0, 0.05) is 12.6 Å². The van der Waals surface area contributed by atoms with E-state index >= 15 is 0 Å². The van der Waals surface area contributed by atoms with Crippen LogP contribution in [0.3, 0.4) is 0 Å². The lowest BCUT2D eigenvalue weighted by Crippen LogP contribution is -2.36. The molecule has 0 aliphatic heterocycles. The van der Waals surface area contributed by atoms with Crippen molar-refractivity contribution >= 4 is 23.2 Å². The van der Waals surface area contributed by atoms with Gasteiger partial charge in [-0.2, -0.15) is 0 Å². The fraction of sp³-hybridized carbons (Fsp3) is 0.364. The Hall–Kier alpha value is -1.46. The third kappa shape index (κ3) is 4.13. The van der Waals surface area contributed by atoms with Gasteiger partial charge in [0.05, 0.1) is 17.8 Å². The maximum atomic E-state index is 6.05. The molecule has 94 valence electrons. The monoisotopic (exact) mass is 256 g/mol. The summed E-state index contributed by atoms with van der Waals surface area (Å²) in [5.41, 5.74) is 3.18. The maximum Gasteiger partial charge on any atom is 0.210 e. The lowest BCUT2D eigenvalue weighted by atomic mass is 10.3. The van der Waals surface area contributed by atoms with E-state index in [1.54, 1.807) is 25.3 Å². The number of halogens is 1. The summed E-state index contributed by atoms with van der Waals surface area (Å²) >= 11 is 6.05. The van der Waals surface area contributed by atoms with Crippen LogP contribution in [0.4, 0.5) is 5.69 Å². The fourth-order valence-electron chi connectivity index (χ4n) is 1.20. The second kappa shape index (κ2) is 6.98. The van der Waals surface area contributed by atoms with Gasteiger partial charge in [0.1, 0.15) is 5.75 Å². The lowest BCUT2D eigenvalue weighted by Gasteiger charge is -2.11. The van der Waals surface area contributed by atoms with Crippen LogP contribution in [0.5, 0.6) is 5.75 Å². The molecule has 1 aromatic rings. The molecule has 6 heteroatoms. The van der Waals surface area contributed by atoms with Crippen LogP contribution in [0, 0.1) is 0 Å². The third-order valence-corrected chi connectivity index (χ3v) is 2.39. The molecular weight excluding hydrogens is 240 g/mol. The highest BCUT2D eigenvalue weighted by molar-refractivity contribution is 6.33. The minimum absolute atomic E-state index is 0.474. The summed E-state index contributed by atoms with van der Waals surface area (Å²) in [7, 11) is 1.60. The van der Waals surface area contributed by atoms with Crippen LogP contribution in [0.15, 0.2) is 23.2 Å². The number of ether oxygens (including phenoxy) is 1. The maximum absolute atomic E-state index is 6.05. The van der Waals surface area contributed by atoms with Crippen LogP contribution < -0.4 is 21.3 Å². The van der Waals surface area contributed by atoms with Gasteiger partial charge in [0.25, 0.3) is 0 Å². The van der Waals surface area contributed by atoms with E-state index in [4.69, 9.17) is 22.2 Å². The van der Waals surface area contributed by atoms with Gasteiger partial charge >= 0.3 is 0 Å². The Morgan fingerprint density at radius 2 is 2.29 bits per heavy atom. The van der Waals surface area contributed by atoms with Gasteiger partial charge in [0.2, 0.25) is 5.96 Å². The molecule has 0 amide bonds. The first kappa shape index (κ1) is 13.6. The van der Waals surface area contributed by atoms with Gasteiger partial charge in [-0.3, -0.25) is 10.4 Å². The summed E-state index contributed by atoms with van der Waals surface area (Å²) in [6.45, 7) is 2.73. The molecule has 0 atom stereocenters. The van der Waals surface area contributed by atoms with Gasteiger partial charge in [0.15, 0.2) is 0 Å². The number of rotatable bonds is 4. The summed E-state index contributed by atoms with van der Waals surface area (Å²) in [6.07, 6.45) is 0.943. The zero-order valence-corrected chi connectivity index (χ0v) is 10.7. The van der Waals surface area contributed by atoms with E-state index in [1.165, 1.54) is 0 Å². The molecule has 1 rings (SSSR count). The number of hydrazine groups is 1. The van der Waals surface area contributed by atoms with E-state index < -0.39 is 0 Å². The fourth-order valence-corrected chi connectivity index (χ4v) is 1.36. The number of aliphatic imine (C=N–C) groups is 1. The van der Waals surface area contributed by atoms with Crippen molar-refractivity contribution in [3.63, 3.8) is 0 Å². The first-order valence-corrected chi connectivity index (χ1v) is 5.70. The molecule has 0 aliphatic rings. The molecule has 0 saturated heterocycles. The number of methoxy groups -OCH3 is 1. The standard InChI is InChI=1S/C11H17ClN4O/c1-3-6-14-11(16-13)15-10-7-8(17-2)4-5-9(10)12/h4-5,7H,3,6,13H2,1-2H3,(H2,14,15,16). The van der Waals surface area contributed by atoms with E-state index in [-0.39, 0.29) is 0 Å². The van der Waals surface area contributed by atoms with Crippen molar-refractivity contribution in [1.29, 1.82) is 0 Å². The number of hydrogen-bond acceptors (Lipinski definition) is 3. The molecule has 0 aliphatic carbocycles. The Balaban J connectivity index is 2.84. The topological polar surface area (TPSA) is 71.7 Å². The number of anilines is 1. The summed E-state index contributed by atoms with van der Waals surface area (Å²) in [6, 6.07) is 5.31. The Morgan fingerprint density at radius 3 is 2.88 bits per heavy atom. The molecule has 4 N–H and O–H groups in total. The first-order valence-electron chi connectivity index (χ1n) is 5.33. The SMILES string of the molecule is CCCN=C(NN)Nc1cc(OC)ccc1Cl. The molecule has 0 aromatic heterocycles. The zero-order valence-electron chi connectivity index (χ0n) is 9.96. The molecule has 0 spiro atoms. The molecule has 0 saturated carbocycles. The van der Waals surface area contributed by atoms with Crippen molar-refractivity contribution in [2.24, 2.45) is 10.8 Å². The quantitative estimate of drug-likeness (QED) is 0.333. The predicted octanol–water partition coefficient (Wildman–Crippen LogP) is 1.99. The van der Waals surface area contributed by atoms with E-state index in [9.17, 15) is 0 Å². The lowest BCUT2D eigenvalue weighted by molar-refractivity contribution is 0.415. The summed E-state index contributed by atoms with van der Waals surface area (Å²) in [5, 5.41) is 3.58. The van der Waals surface area contributed by atoms with Gasteiger partial charge in [-0.15, -0.1) is 0 Å². The smallest absolute Gasteiger partial charge is 0.210 e. The van der Waals surface area contributed by atoms with Crippen molar-refractivity contribution < 1.29 is 4.74 Å². The van der Waals surface area contributed by atoms with Crippen LogP contribution in [-0.4, -0.2) is 19.6 Å². The molecule has 0 fully saturated rings. The summed E-state index contributed by atoms with van der Waals surface area (Å²) in [5.74, 6) is 6.55. The molecular formula is C11H17ClN4O. The molecule has 0 heterocycles. The van der Waals surface area contributed by atoms with Gasteiger partial charge in [-0.1, -0.05) is 18.5 Å². The molecule has 5 nitrogen and oxygen atoms in total. The predicted molar refractivity (Wildman–Crippen MR) is 71.5 cm³/mol. The number of guanidine groups is 1. The van der Waals surface area contributed by atoms with Crippen molar-refractivity contribution in [3.8, 4) is 5.75 Å². The van der Waals surface area contributed by atoms with Crippen molar-refractivity contribution in [2.45, 2.75) is 13.3 Å². The van der Waals surface area contributed by atoms with Crippen LogP contribution in [-0.2, 0) is 0 Å². The Bertz CT molecular complexity index is 395. The zero-order chi connectivity index (χ0) is 12.7. The second-order valence-electron chi connectivity index (χ2n) is 3.35.